The van der Waals surface area contributed by atoms with Gasteiger partial charge in [0.1, 0.15) is 19.0 Å². The second-order valence-electron chi connectivity index (χ2n) is 5.25. The Morgan fingerprint density at radius 1 is 0.480 bits per heavy atom. The van der Waals surface area contributed by atoms with Gasteiger partial charge in [0, 0.05) is 4.47 Å². The second kappa shape index (κ2) is 8.85. The third-order valence-corrected chi connectivity index (χ3v) is 4.02. The predicted octanol–water partition coefficient (Wildman–Crippen LogP) is 5.65. The highest BCUT2D eigenvalue weighted by Gasteiger charge is 2.01. The molecule has 0 aliphatic heterocycles. The number of hydrogen-bond donors (Lipinski definition) is 0. The average Bonchev–Trinajstić information content (AvgIpc) is 2.71. The van der Waals surface area contributed by atoms with Crippen LogP contribution >= 0.6 is 15.9 Å². The maximum atomic E-state index is 3.56. The Morgan fingerprint density at radius 3 is 1.52 bits per heavy atom. The lowest BCUT2D eigenvalue weighted by atomic mass is 9.99. The van der Waals surface area contributed by atoms with Crippen LogP contribution in [-0.4, -0.2) is 15.0 Å². The molecule has 4 rings (SSSR count). The zero-order chi connectivity index (χ0) is 17.3. The Labute approximate surface area is 155 Å². The summed E-state index contributed by atoms with van der Waals surface area (Å²) in [5, 5.41) is 0. The van der Waals surface area contributed by atoms with Crippen LogP contribution in [0.2, 0.25) is 0 Å². The molecule has 1 aromatic heterocycles. The summed E-state index contributed by atoms with van der Waals surface area (Å²) in [6.45, 7) is 0. The zero-order valence-electron chi connectivity index (χ0n) is 13.5. The Balaban J connectivity index is 0.000000258. The van der Waals surface area contributed by atoms with Crippen LogP contribution in [0.3, 0.4) is 0 Å². The van der Waals surface area contributed by atoms with E-state index >= 15 is 0 Å². The van der Waals surface area contributed by atoms with E-state index in [0.717, 1.165) is 4.47 Å². The lowest BCUT2D eigenvalue weighted by Crippen LogP contribution is -1.81. The summed E-state index contributed by atoms with van der Waals surface area (Å²) in [7, 11) is 0. The SMILES string of the molecule is Brc1cccc(-c2cccc(-c3ccccc3)c2)c1.c1ncncn1. The summed E-state index contributed by atoms with van der Waals surface area (Å²) >= 11 is 3.52. The molecule has 3 aromatic carbocycles. The fourth-order valence-electron chi connectivity index (χ4n) is 2.38. The molecule has 0 saturated carbocycles. The van der Waals surface area contributed by atoms with Gasteiger partial charge in [-0.15, -0.1) is 0 Å². The molecule has 0 aliphatic rings. The number of aromatic nitrogens is 3. The second-order valence-corrected chi connectivity index (χ2v) is 6.17. The van der Waals surface area contributed by atoms with Gasteiger partial charge in [-0.2, -0.15) is 0 Å². The van der Waals surface area contributed by atoms with Gasteiger partial charge in [-0.1, -0.05) is 76.6 Å². The van der Waals surface area contributed by atoms with Gasteiger partial charge in [-0.05, 0) is 40.5 Å². The van der Waals surface area contributed by atoms with E-state index in [0.29, 0.717) is 0 Å². The number of halogens is 1. The first-order valence-electron chi connectivity index (χ1n) is 7.79. The Kier molecular flexibility index (Phi) is 6.01. The zero-order valence-corrected chi connectivity index (χ0v) is 15.0. The van der Waals surface area contributed by atoms with E-state index < -0.39 is 0 Å². The molecule has 0 aliphatic carbocycles. The fourth-order valence-corrected chi connectivity index (χ4v) is 2.78. The molecule has 25 heavy (non-hydrogen) atoms. The minimum Gasteiger partial charge on any atom is -0.225 e. The van der Waals surface area contributed by atoms with Crippen molar-refractivity contribution in [3.05, 3.63) is 102 Å². The maximum absolute atomic E-state index is 3.56. The highest BCUT2D eigenvalue weighted by molar-refractivity contribution is 9.10. The molecule has 4 aromatic rings. The van der Waals surface area contributed by atoms with Crippen molar-refractivity contribution < 1.29 is 0 Å². The standard InChI is InChI=1S/C18H13Br.C3H3N3/c19-18-11-5-10-17(13-18)16-9-4-8-15(12-16)14-6-2-1-3-7-14;1-4-2-6-3-5-1/h1-13H;1-3H. The van der Waals surface area contributed by atoms with Crippen molar-refractivity contribution in [2.24, 2.45) is 0 Å². The van der Waals surface area contributed by atoms with E-state index in [9.17, 15) is 0 Å². The molecule has 0 bridgehead atoms. The van der Waals surface area contributed by atoms with Crippen molar-refractivity contribution in [1.29, 1.82) is 0 Å². The van der Waals surface area contributed by atoms with Crippen molar-refractivity contribution in [3.8, 4) is 22.3 Å². The van der Waals surface area contributed by atoms with Gasteiger partial charge in [0.2, 0.25) is 0 Å². The Morgan fingerprint density at radius 2 is 0.960 bits per heavy atom. The van der Waals surface area contributed by atoms with Crippen LogP contribution < -0.4 is 0 Å². The summed E-state index contributed by atoms with van der Waals surface area (Å²) in [6, 6.07) is 27.5. The average molecular weight is 390 g/mol. The largest absolute Gasteiger partial charge is 0.225 e. The monoisotopic (exact) mass is 389 g/mol. The lowest BCUT2D eigenvalue weighted by Gasteiger charge is -2.06. The molecule has 0 unspecified atom stereocenters. The number of nitrogens with zero attached hydrogens (tertiary/aromatic N) is 3. The van der Waals surface area contributed by atoms with Gasteiger partial charge in [-0.3, -0.25) is 0 Å². The van der Waals surface area contributed by atoms with Crippen LogP contribution in [-0.2, 0) is 0 Å². The minimum atomic E-state index is 1.11. The summed E-state index contributed by atoms with van der Waals surface area (Å²) in [4.78, 5) is 10.7. The van der Waals surface area contributed by atoms with E-state index in [1.807, 2.05) is 12.1 Å². The van der Waals surface area contributed by atoms with Crippen LogP contribution in [0.1, 0.15) is 0 Å². The van der Waals surface area contributed by atoms with Gasteiger partial charge in [-0.25, -0.2) is 15.0 Å². The Bertz CT molecular complexity index is 885. The number of benzene rings is 3. The molecule has 1 heterocycles. The molecule has 0 amide bonds. The topological polar surface area (TPSA) is 38.7 Å². The van der Waals surface area contributed by atoms with E-state index in [-0.39, 0.29) is 0 Å². The van der Waals surface area contributed by atoms with Crippen LogP contribution in [0, 0.1) is 0 Å². The third kappa shape index (κ3) is 5.06. The van der Waals surface area contributed by atoms with Crippen LogP contribution in [0.25, 0.3) is 22.3 Å². The molecule has 0 fully saturated rings. The molecular weight excluding hydrogens is 374 g/mol. The summed E-state index contributed by atoms with van der Waals surface area (Å²) in [6.07, 6.45) is 4.31. The Hall–Kier alpha value is -2.85. The van der Waals surface area contributed by atoms with Gasteiger partial charge in [0.25, 0.3) is 0 Å². The summed E-state index contributed by atoms with van der Waals surface area (Å²) in [5.41, 5.74) is 4.97. The highest BCUT2D eigenvalue weighted by Crippen LogP contribution is 2.27. The lowest BCUT2D eigenvalue weighted by molar-refractivity contribution is 1.05. The first-order chi connectivity index (χ1) is 12.3. The predicted molar refractivity (Wildman–Crippen MR) is 105 cm³/mol. The molecule has 122 valence electrons. The quantitative estimate of drug-likeness (QED) is 0.444. The van der Waals surface area contributed by atoms with Gasteiger partial charge in [0.05, 0.1) is 0 Å². The fraction of sp³-hybridized carbons (Fsp3) is 0. The molecule has 0 spiro atoms. The van der Waals surface area contributed by atoms with Crippen LogP contribution in [0.15, 0.2) is 102 Å². The molecule has 3 nitrogen and oxygen atoms in total. The molecule has 0 saturated heterocycles. The smallest absolute Gasteiger partial charge is 0.119 e. The van der Waals surface area contributed by atoms with E-state index in [2.05, 4.69) is 97.6 Å². The maximum Gasteiger partial charge on any atom is 0.119 e. The van der Waals surface area contributed by atoms with Crippen LogP contribution in [0.5, 0.6) is 0 Å². The van der Waals surface area contributed by atoms with Crippen molar-refractivity contribution >= 4 is 15.9 Å². The number of rotatable bonds is 2. The first-order valence-corrected chi connectivity index (χ1v) is 8.58. The van der Waals surface area contributed by atoms with Crippen molar-refractivity contribution in [2.45, 2.75) is 0 Å². The molecule has 4 heteroatoms. The van der Waals surface area contributed by atoms with Crippen molar-refractivity contribution in [2.75, 3.05) is 0 Å². The van der Waals surface area contributed by atoms with Gasteiger partial charge >= 0.3 is 0 Å². The van der Waals surface area contributed by atoms with E-state index in [4.69, 9.17) is 0 Å². The molecule has 0 atom stereocenters. The minimum absolute atomic E-state index is 1.11. The summed E-state index contributed by atoms with van der Waals surface area (Å²) in [5.74, 6) is 0. The van der Waals surface area contributed by atoms with Crippen molar-refractivity contribution in [3.63, 3.8) is 0 Å². The van der Waals surface area contributed by atoms with E-state index in [1.165, 1.54) is 41.2 Å². The third-order valence-electron chi connectivity index (χ3n) is 3.53. The van der Waals surface area contributed by atoms with E-state index in [1.54, 1.807) is 0 Å². The molecule has 0 radical (unpaired) electrons. The van der Waals surface area contributed by atoms with Gasteiger partial charge in [0.15, 0.2) is 0 Å². The van der Waals surface area contributed by atoms with Gasteiger partial charge < -0.3 is 0 Å². The molecule has 0 N–H and O–H groups in total. The normalized spacial score (nSPS) is 9.80. The van der Waals surface area contributed by atoms with Crippen LogP contribution in [0.4, 0.5) is 0 Å². The van der Waals surface area contributed by atoms with Crippen molar-refractivity contribution in [1.82, 2.24) is 15.0 Å². The highest BCUT2D eigenvalue weighted by atomic mass is 79.9. The summed E-state index contributed by atoms with van der Waals surface area (Å²) < 4.78 is 1.11. The molecular formula is C21H16BrN3. The number of hydrogen-bond acceptors (Lipinski definition) is 3. The first kappa shape index (κ1) is 17.0.